The highest BCUT2D eigenvalue weighted by molar-refractivity contribution is 5.63. The zero-order valence-electron chi connectivity index (χ0n) is 14.2. The smallest absolute Gasteiger partial charge is 0.300 e. The molecule has 6 nitrogen and oxygen atoms in total. The number of benzene rings is 1. The second-order valence-electron chi connectivity index (χ2n) is 4.44. The summed E-state index contributed by atoms with van der Waals surface area (Å²) in [7, 11) is 0. The molecule has 24 heavy (non-hydrogen) atoms. The number of carboxylic acid groups (broad SMARTS) is 2. The van der Waals surface area contributed by atoms with Crippen molar-refractivity contribution in [3.05, 3.63) is 34.4 Å². The SMILES string of the molecule is CC(=O)O.CC(=O)O.Cc1cc(C#CCO)c(C#CCO)cc1C. The summed E-state index contributed by atoms with van der Waals surface area (Å²) in [6.45, 7) is 5.84. The van der Waals surface area contributed by atoms with Gasteiger partial charge in [-0.15, -0.1) is 0 Å². The fraction of sp³-hybridized carbons (Fsp3) is 0.333. The molecular weight excluding hydrogens is 312 g/mol. The zero-order chi connectivity index (χ0) is 19.1. The van der Waals surface area contributed by atoms with Crippen LogP contribution in [0.1, 0.15) is 36.1 Å². The minimum Gasteiger partial charge on any atom is -0.481 e. The number of aliphatic hydroxyl groups excluding tert-OH is 2. The van der Waals surface area contributed by atoms with E-state index in [4.69, 9.17) is 30.0 Å². The molecule has 0 aliphatic carbocycles. The normalized spacial score (nSPS) is 7.92. The summed E-state index contributed by atoms with van der Waals surface area (Å²) in [5.41, 5.74) is 3.85. The van der Waals surface area contributed by atoms with Gasteiger partial charge in [-0.25, -0.2) is 0 Å². The number of rotatable bonds is 0. The van der Waals surface area contributed by atoms with Gasteiger partial charge >= 0.3 is 0 Å². The van der Waals surface area contributed by atoms with Gasteiger partial charge < -0.3 is 20.4 Å². The van der Waals surface area contributed by atoms with Gasteiger partial charge in [-0.2, -0.15) is 0 Å². The predicted molar refractivity (Wildman–Crippen MR) is 90.5 cm³/mol. The first-order valence-electron chi connectivity index (χ1n) is 6.85. The second-order valence-corrected chi connectivity index (χ2v) is 4.44. The molecule has 130 valence electrons. The van der Waals surface area contributed by atoms with Gasteiger partial charge in [0.05, 0.1) is 0 Å². The Bertz CT molecular complexity index is 601. The number of hydrogen-bond donors (Lipinski definition) is 4. The summed E-state index contributed by atoms with van der Waals surface area (Å²) in [4.78, 5) is 18.0. The lowest BCUT2D eigenvalue weighted by Crippen LogP contribution is -1.90. The van der Waals surface area contributed by atoms with E-state index >= 15 is 0 Å². The summed E-state index contributed by atoms with van der Waals surface area (Å²) in [6, 6.07) is 3.89. The van der Waals surface area contributed by atoms with Crippen LogP contribution in [0.25, 0.3) is 0 Å². The van der Waals surface area contributed by atoms with Gasteiger partial charge in [0, 0.05) is 25.0 Å². The minimum atomic E-state index is -0.833. The van der Waals surface area contributed by atoms with Crippen LogP contribution in [-0.4, -0.2) is 45.6 Å². The van der Waals surface area contributed by atoms with Crippen LogP contribution >= 0.6 is 0 Å². The fourth-order valence-corrected chi connectivity index (χ4v) is 1.29. The van der Waals surface area contributed by atoms with E-state index in [-0.39, 0.29) is 13.2 Å². The largest absolute Gasteiger partial charge is 0.481 e. The number of aliphatic hydroxyl groups is 2. The van der Waals surface area contributed by atoms with Crippen molar-refractivity contribution < 1.29 is 30.0 Å². The van der Waals surface area contributed by atoms with Crippen LogP contribution in [0.3, 0.4) is 0 Å². The van der Waals surface area contributed by atoms with Crippen molar-refractivity contribution in [1.82, 2.24) is 0 Å². The molecule has 0 heterocycles. The van der Waals surface area contributed by atoms with Crippen molar-refractivity contribution in [3.8, 4) is 23.7 Å². The summed E-state index contributed by atoms with van der Waals surface area (Å²) in [6.07, 6.45) is 0. The third-order valence-electron chi connectivity index (χ3n) is 2.24. The van der Waals surface area contributed by atoms with Crippen LogP contribution in [0.15, 0.2) is 12.1 Å². The monoisotopic (exact) mass is 334 g/mol. The van der Waals surface area contributed by atoms with Gasteiger partial charge in [0.15, 0.2) is 0 Å². The van der Waals surface area contributed by atoms with Gasteiger partial charge in [0.1, 0.15) is 13.2 Å². The van der Waals surface area contributed by atoms with Crippen molar-refractivity contribution in [1.29, 1.82) is 0 Å². The highest BCUT2D eigenvalue weighted by Gasteiger charge is 2.00. The Kier molecular flexibility index (Phi) is 13.5. The van der Waals surface area contributed by atoms with Crippen molar-refractivity contribution in [3.63, 3.8) is 0 Å². The molecule has 0 unspecified atom stereocenters. The first-order chi connectivity index (χ1) is 11.1. The molecule has 0 spiro atoms. The molecule has 0 radical (unpaired) electrons. The minimum absolute atomic E-state index is 0.167. The quantitative estimate of drug-likeness (QED) is 0.530. The van der Waals surface area contributed by atoms with E-state index in [2.05, 4.69) is 23.7 Å². The van der Waals surface area contributed by atoms with E-state index in [1.807, 2.05) is 26.0 Å². The molecule has 0 atom stereocenters. The molecule has 6 heteroatoms. The Morgan fingerprint density at radius 3 is 1.29 bits per heavy atom. The molecule has 1 aromatic carbocycles. The summed E-state index contributed by atoms with van der Waals surface area (Å²) < 4.78 is 0. The molecule has 0 aliphatic rings. The van der Waals surface area contributed by atoms with Gasteiger partial charge in [-0.3, -0.25) is 9.59 Å². The maximum atomic E-state index is 9.00. The highest BCUT2D eigenvalue weighted by atomic mass is 16.4. The Morgan fingerprint density at radius 2 is 1.08 bits per heavy atom. The van der Waals surface area contributed by atoms with E-state index in [0.717, 1.165) is 36.1 Å². The second kappa shape index (κ2) is 13.8. The number of aliphatic carboxylic acids is 2. The van der Waals surface area contributed by atoms with E-state index in [0.29, 0.717) is 0 Å². The molecule has 0 saturated carbocycles. The summed E-state index contributed by atoms with van der Waals surface area (Å²) >= 11 is 0. The molecule has 0 amide bonds. The van der Waals surface area contributed by atoms with E-state index in [1.165, 1.54) is 0 Å². The van der Waals surface area contributed by atoms with Crippen LogP contribution in [0.5, 0.6) is 0 Å². The lowest BCUT2D eigenvalue weighted by atomic mass is 10.0. The van der Waals surface area contributed by atoms with Crippen LogP contribution in [0.2, 0.25) is 0 Å². The van der Waals surface area contributed by atoms with Crippen LogP contribution < -0.4 is 0 Å². The molecule has 0 saturated heterocycles. The van der Waals surface area contributed by atoms with E-state index in [9.17, 15) is 0 Å². The van der Waals surface area contributed by atoms with Crippen LogP contribution in [0, 0.1) is 37.5 Å². The Morgan fingerprint density at radius 1 is 0.833 bits per heavy atom. The lowest BCUT2D eigenvalue weighted by Gasteiger charge is -2.03. The molecule has 0 aromatic heterocycles. The first kappa shape index (κ1) is 23.5. The lowest BCUT2D eigenvalue weighted by molar-refractivity contribution is -0.135. The average Bonchev–Trinajstić information content (AvgIpc) is 2.45. The molecule has 0 fully saturated rings. The highest BCUT2D eigenvalue weighted by Crippen LogP contribution is 2.14. The number of aryl methyl sites for hydroxylation is 2. The number of carboxylic acids is 2. The third-order valence-corrected chi connectivity index (χ3v) is 2.24. The summed E-state index contributed by atoms with van der Waals surface area (Å²) in [5, 5.41) is 32.2. The van der Waals surface area contributed by atoms with Gasteiger partial charge in [0.2, 0.25) is 0 Å². The molecule has 4 N–H and O–H groups in total. The molecular formula is C18H22O6. The molecule has 1 aromatic rings. The van der Waals surface area contributed by atoms with Crippen molar-refractivity contribution in [2.24, 2.45) is 0 Å². The predicted octanol–water partition coefficient (Wildman–Crippen LogP) is 1.17. The van der Waals surface area contributed by atoms with Crippen molar-refractivity contribution in [2.45, 2.75) is 27.7 Å². The van der Waals surface area contributed by atoms with E-state index in [1.54, 1.807) is 0 Å². The molecule has 0 aliphatic heterocycles. The third kappa shape index (κ3) is 14.2. The first-order valence-corrected chi connectivity index (χ1v) is 6.85. The van der Waals surface area contributed by atoms with Crippen molar-refractivity contribution >= 4 is 11.9 Å². The maximum Gasteiger partial charge on any atom is 0.300 e. The van der Waals surface area contributed by atoms with Gasteiger partial charge in [-0.05, 0) is 37.1 Å². The molecule has 0 bridgehead atoms. The van der Waals surface area contributed by atoms with Gasteiger partial charge in [0.25, 0.3) is 11.9 Å². The Balaban J connectivity index is 0. The average molecular weight is 334 g/mol. The Labute approximate surface area is 141 Å². The maximum absolute atomic E-state index is 9.00. The van der Waals surface area contributed by atoms with Crippen molar-refractivity contribution in [2.75, 3.05) is 13.2 Å². The standard InChI is InChI=1S/C14H14O2.2C2H4O2/c1-11-9-13(5-3-7-15)14(6-4-8-16)10-12(11)2;2*1-2(3)4/h9-10,15-16H,7-8H2,1-2H3;2*1H3,(H,3,4). The molecule has 1 rings (SSSR count). The topological polar surface area (TPSA) is 115 Å². The van der Waals surface area contributed by atoms with Gasteiger partial charge in [-0.1, -0.05) is 23.7 Å². The number of carbonyl (C=O) groups is 2. The van der Waals surface area contributed by atoms with Crippen LogP contribution in [-0.2, 0) is 9.59 Å². The van der Waals surface area contributed by atoms with Crippen LogP contribution in [0.4, 0.5) is 0 Å². The Hall–Kier alpha value is -2.80. The fourth-order valence-electron chi connectivity index (χ4n) is 1.29. The zero-order valence-corrected chi connectivity index (χ0v) is 14.2. The summed E-state index contributed by atoms with van der Waals surface area (Å²) in [5.74, 6) is 9.25. The number of hydrogen-bond acceptors (Lipinski definition) is 4. The van der Waals surface area contributed by atoms with E-state index < -0.39 is 11.9 Å².